The second-order valence-electron chi connectivity index (χ2n) is 7.04. The molecule has 0 saturated carbocycles. The van der Waals surface area contributed by atoms with E-state index in [1.54, 1.807) is 0 Å². The van der Waals surface area contributed by atoms with Gasteiger partial charge in [-0.15, -0.1) is 0 Å². The highest BCUT2D eigenvalue weighted by atomic mass is 15.2. The lowest BCUT2D eigenvalue weighted by atomic mass is 10.1. The van der Waals surface area contributed by atoms with Crippen LogP contribution in [-0.4, -0.2) is 21.0 Å². The van der Waals surface area contributed by atoms with Gasteiger partial charge in [-0.05, 0) is 44.7 Å². The summed E-state index contributed by atoms with van der Waals surface area (Å²) in [5.74, 6) is 2.09. The minimum absolute atomic E-state index is 0.401. The summed E-state index contributed by atoms with van der Waals surface area (Å²) in [4.78, 5) is 13.8. The molecular formula is C21H33N5. The molecule has 1 atom stereocenters. The van der Waals surface area contributed by atoms with Gasteiger partial charge in [0, 0.05) is 18.2 Å². The molecule has 1 unspecified atom stereocenters. The van der Waals surface area contributed by atoms with Crippen LogP contribution in [0.1, 0.15) is 69.0 Å². The predicted molar refractivity (Wildman–Crippen MR) is 110 cm³/mol. The molecule has 1 heterocycles. The van der Waals surface area contributed by atoms with Gasteiger partial charge in [0.15, 0.2) is 0 Å². The van der Waals surface area contributed by atoms with E-state index in [9.17, 15) is 0 Å². The third kappa shape index (κ3) is 5.41. The average Bonchev–Trinajstić information content (AvgIpc) is 2.61. The van der Waals surface area contributed by atoms with Gasteiger partial charge in [-0.1, -0.05) is 51.3 Å². The number of hydrogen-bond acceptors (Lipinski definition) is 5. The number of unbranched alkanes of at least 4 members (excludes halogenated alkanes) is 1. The normalized spacial score (nSPS) is 12.1. The first-order valence-electron chi connectivity index (χ1n) is 9.83. The first-order valence-corrected chi connectivity index (χ1v) is 9.83. The lowest BCUT2D eigenvalue weighted by Crippen LogP contribution is -2.21. The average molecular weight is 356 g/mol. The molecule has 0 aliphatic carbocycles. The SMILES string of the molecule is CCCCC(CC)Nc1nc(CC)nc(Nc2c(C)cc(C)cc2C)n1. The molecule has 142 valence electrons. The summed E-state index contributed by atoms with van der Waals surface area (Å²) < 4.78 is 0. The highest BCUT2D eigenvalue weighted by molar-refractivity contribution is 5.64. The fraction of sp³-hybridized carbons (Fsp3) is 0.571. The van der Waals surface area contributed by atoms with Crippen LogP contribution in [-0.2, 0) is 6.42 Å². The van der Waals surface area contributed by atoms with Gasteiger partial charge in [0.05, 0.1) is 0 Å². The van der Waals surface area contributed by atoms with Gasteiger partial charge in [0.1, 0.15) is 5.82 Å². The lowest BCUT2D eigenvalue weighted by Gasteiger charge is -2.18. The predicted octanol–water partition coefficient (Wildman–Crippen LogP) is 5.48. The quantitative estimate of drug-likeness (QED) is 0.623. The van der Waals surface area contributed by atoms with Gasteiger partial charge in [-0.2, -0.15) is 15.0 Å². The van der Waals surface area contributed by atoms with Crippen molar-refractivity contribution in [2.75, 3.05) is 10.6 Å². The van der Waals surface area contributed by atoms with E-state index in [1.165, 1.54) is 29.5 Å². The number of aryl methyl sites for hydroxylation is 4. The van der Waals surface area contributed by atoms with E-state index < -0.39 is 0 Å². The maximum Gasteiger partial charge on any atom is 0.232 e. The van der Waals surface area contributed by atoms with E-state index in [4.69, 9.17) is 0 Å². The molecular weight excluding hydrogens is 322 g/mol. The van der Waals surface area contributed by atoms with Crippen molar-refractivity contribution in [2.24, 2.45) is 0 Å². The second-order valence-corrected chi connectivity index (χ2v) is 7.04. The molecule has 0 aliphatic heterocycles. The van der Waals surface area contributed by atoms with E-state index >= 15 is 0 Å². The molecule has 5 nitrogen and oxygen atoms in total. The highest BCUT2D eigenvalue weighted by Gasteiger charge is 2.12. The third-order valence-corrected chi connectivity index (χ3v) is 4.64. The molecule has 0 spiro atoms. The van der Waals surface area contributed by atoms with Crippen molar-refractivity contribution in [2.45, 2.75) is 79.7 Å². The Hall–Kier alpha value is -2.17. The summed E-state index contributed by atoms with van der Waals surface area (Å²) in [7, 11) is 0. The number of benzene rings is 1. The number of hydrogen-bond donors (Lipinski definition) is 2. The summed E-state index contributed by atoms with van der Waals surface area (Å²) >= 11 is 0. The Morgan fingerprint density at radius 2 is 1.58 bits per heavy atom. The summed E-state index contributed by atoms with van der Waals surface area (Å²) in [6.45, 7) is 12.8. The van der Waals surface area contributed by atoms with Crippen LogP contribution in [0.4, 0.5) is 17.6 Å². The topological polar surface area (TPSA) is 62.7 Å². The van der Waals surface area contributed by atoms with Crippen molar-refractivity contribution < 1.29 is 0 Å². The van der Waals surface area contributed by atoms with Crippen LogP contribution in [0.25, 0.3) is 0 Å². The van der Waals surface area contributed by atoms with Crippen LogP contribution in [0.2, 0.25) is 0 Å². The Kier molecular flexibility index (Phi) is 7.37. The zero-order chi connectivity index (χ0) is 19.1. The van der Waals surface area contributed by atoms with E-state index in [-0.39, 0.29) is 0 Å². The smallest absolute Gasteiger partial charge is 0.232 e. The van der Waals surface area contributed by atoms with Crippen LogP contribution in [0, 0.1) is 20.8 Å². The van der Waals surface area contributed by atoms with Crippen LogP contribution in [0.3, 0.4) is 0 Å². The Balaban J connectivity index is 2.26. The summed E-state index contributed by atoms with van der Waals surface area (Å²) in [6, 6.07) is 4.75. The van der Waals surface area contributed by atoms with Crippen LogP contribution < -0.4 is 10.6 Å². The molecule has 0 amide bonds. The van der Waals surface area contributed by atoms with Gasteiger partial charge in [-0.25, -0.2) is 0 Å². The minimum atomic E-state index is 0.401. The molecule has 0 bridgehead atoms. The van der Waals surface area contributed by atoms with E-state index in [2.05, 4.69) is 79.3 Å². The number of aromatic nitrogens is 3. The first-order chi connectivity index (χ1) is 12.5. The molecule has 2 N–H and O–H groups in total. The molecule has 2 rings (SSSR count). The molecule has 0 fully saturated rings. The van der Waals surface area contributed by atoms with Crippen molar-refractivity contribution in [3.8, 4) is 0 Å². The summed E-state index contributed by atoms with van der Waals surface area (Å²) in [5.41, 5.74) is 4.74. The third-order valence-electron chi connectivity index (χ3n) is 4.64. The van der Waals surface area contributed by atoms with Gasteiger partial charge in [-0.3, -0.25) is 0 Å². The lowest BCUT2D eigenvalue weighted by molar-refractivity contribution is 0.588. The van der Waals surface area contributed by atoms with Crippen LogP contribution >= 0.6 is 0 Å². The van der Waals surface area contributed by atoms with Crippen molar-refractivity contribution in [1.82, 2.24) is 15.0 Å². The monoisotopic (exact) mass is 355 g/mol. The standard InChI is InChI=1S/C21H33N5/c1-7-10-11-17(8-2)22-20-23-18(9-3)24-21(26-20)25-19-15(5)12-14(4)13-16(19)6/h12-13,17H,7-11H2,1-6H3,(H2,22,23,24,25,26). The summed E-state index contributed by atoms with van der Waals surface area (Å²) in [6.07, 6.45) is 5.40. The van der Waals surface area contributed by atoms with Gasteiger partial charge >= 0.3 is 0 Å². The highest BCUT2D eigenvalue weighted by Crippen LogP contribution is 2.25. The van der Waals surface area contributed by atoms with E-state index in [1.807, 2.05) is 0 Å². The van der Waals surface area contributed by atoms with Crippen LogP contribution in [0.15, 0.2) is 12.1 Å². The first kappa shape index (κ1) is 20.1. The molecule has 0 radical (unpaired) electrons. The van der Waals surface area contributed by atoms with Crippen molar-refractivity contribution in [3.63, 3.8) is 0 Å². The minimum Gasteiger partial charge on any atom is -0.351 e. The maximum atomic E-state index is 4.63. The fourth-order valence-electron chi connectivity index (χ4n) is 3.20. The number of anilines is 3. The number of rotatable bonds is 9. The second kappa shape index (κ2) is 9.51. The van der Waals surface area contributed by atoms with Gasteiger partial charge in [0.2, 0.25) is 11.9 Å². The molecule has 1 aromatic carbocycles. The molecule has 0 aliphatic rings. The molecule has 0 saturated heterocycles. The van der Waals surface area contributed by atoms with Crippen molar-refractivity contribution >= 4 is 17.6 Å². The number of nitrogens with one attached hydrogen (secondary N) is 2. The maximum absolute atomic E-state index is 4.63. The van der Waals surface area contributed by atoms with Crippen molar-refractivity contribution in [3.05, 3.63) is 34.6 Å². The van der Waals surface area contributed by atoms with Crippen LogP contribution in [0.5, 0.6) is 0 Å². The molecule has 5 heteroatoms. The van der Waals surface area contributed by atoms with E-state index in [0.29, 0.717) is 17.9 Å². The van der Waals surface area contributed by atoms with Gasteiger partial charge < -0.3 is 10.6 Å². The Morgan fingerprint density at radius 1 is 0.923 bits per heavy atom. The molecule has 26 heavy (non-hydrogen) atoms. The fourth-order valence-corrected chi connectivity index (χ4v) is 3.20. The Morgan fingerprint density at radius 3 is 2.15 bits per heavy atom. The molecule has 2 aromatic rings. The summed E-state index contributed by atoms with van der Waals surface area (Å²) in [5, 5.41) is 6.92. The zero-order valence-electron chi connectivity index (χ0n) is 17.1. The number of nitrogens with zero attached hydrogens (tertiary/aromatic N) is 3. The molecule has 1 aromatic heterocycles. The largest absolute Gasteiger partial charge is 0.351 e. The Bertz CT molecular complexity index is 703. The zero-order valence-corrected chi connectivity index (χ0v) is 17.1. The van der Waals surface area contributed by atoms with Crippen molar-refractivity contribution in [1.29, 1.82) is 0 Å². The van der Waals surface area contributed by atoms with E-state index in [0.717, 1.165) is 30.8 Å². The Labute approximate surface area is 158 Å². The van der Waals surface area contributed by atoms with Gasteiger partial charge in [0.25, 0.3) is 0 Å².